The molecule has 1 saturated heterocycles. The van der Waals surface area contributed by atoms with E-state index in [-0.39, 0.29) is 63.4 Å². The molecule has 1 atom stereocenters. The minimum atomic E-state index is -1.18. The summed E-state index contributed by atoms with van der Waals surface area (Å²) in [6.07, 6.45) is -0.102. The SMILES string of the molecule is CC(=O)CC(=O)NC(Cc1ccccc1)C(=O)NCC(=O)CCCCOCCOC(=O)ON1C(=O)CCC1=O. The van der Waals surface area contributed by atoms with Gasteiger partial charge in [-0.15, -0.1) is 0 Å². The molecule has 1 aromatic rings. The van der Waals surface area contributed by atoms with Gasteiger partial charge in [0.15, 0.2) is 5.78 Å². The third kappa shape index (κ3) is 12.3. The van der Waals surface area contributed by atoms with Crippen LogP contribution < -0.4 is 10.6 Å². The van der Waals surface area contributed by atoms with E-state index in [4.69, 9.17) is 9.47 Å². The van der Waals surface area contributed by atoms with E-state index in [0.717, 1.165) is 5.56 Å². The zero-order valence-electron chi connectivity index (χ0n) is 21.8. The fourth-order valence-electron chi connectivity index (χ4n) is 3.50. The van der Waals surface area contributed by atoms with Crippen molar-refractivity contribution in [2.75, 3.05) is 26.4 Å². The number of carbonyl (C=O) groups excluding carboxylic acids is 7. The summed E-state index contributed by atoms with van der Waals surface area (Å²) >= 11 is 0. The zero-order valence-corrected chi connectivity index (χ0v) is 21.8. The number of unbranched alkanes of at least 4 members (excludes halogenated alkanes) is 1. The van der Waals surface area contributed by atoms with E-state index in [0.29, 0.717) is 24.5 Å². The van der Waals surface area contributed by atoms with E-state index in [9.17, 15) is 33.6 Å². The summed E-state index contributed by atoms with van der Waals surface area (Å²) in [5.74, 6) is -2.83. The summed E-state index contributed by atoms with van der Waals surface area (Å²) in [4.78, 5) is 86.9. The molecule has 1 aliphatic rings. The Hall–Kier alpha value is -4.13. The Kier molecular flexibility index (Phi) is 13.3. The highest BCUT2D eigenvalue weighted by molar-refractivity contribution is 6.01. The number of hydrogen-bond donors (Lipinski definition) is 2. The van der Waals surface area contributed by atoms with Gasteiger partial charge in [0.05, 0.1) is 19.6 Å². The van der Waals surface area contributed by atoms with Crippen LogP contribution in [0.2, 0.25) is 0 Å². The lowest BCUT2D eigenvalue weighted by Crippen LogP contribution is -2.49. The first-order valence-electron chi connectivity index (χ1n) is 12.6. The van der Waals surface area contributed by atoms with Crippen molar-refractivity contribution in [1.29, 1.82) is 0 Å². The maximum absolute atomic E-state index is 12.7. The minimum Gasteiger partial charge on any atom is -0.430 e. The maximum atomic E-state index is 12.7. The second-order valence-electron chi connectivity index (χ2n) is 8.79. The number of amides is 4. The van der Waals surface area contributed by atoms with Crippen molar-refractivity contribution in [2.24, 2.45) is 0 Å². The first-order valence-corrected chi connectivity index (χ1v) is 12.6. The highest BCUT2D eigenvalue weighted by atomic mass is 16.8. The monoisotopic (exact) mass is 547 g/mol. The molecule has 13 nitrogen and oxygen atoms in total. The van der Waals surface area contributed by atoms with Gasteiger partial charge in [-0.25, -0.2) is 4.79 Å². The predicted molar refractivity (Wildman–Crippen MR) is 134 cm³/mol. The van der Waals surface area contributed by atoms with Crippen molar-refractivity contribution in [1.82, 2.24) is 15.7 Å². The molecule has 4 amide bonds. The third-order valence-corrected chi connectivity index (χ3v) is 5.42. The Balaban J connectivity index is 1.59. The number of benzene rings is 1. The summed E-state index contributed by atoms with van der Waals surface area (Å²) < 4.78 is 10.0. The highest BCUT2D eigenvalue weighted by Crippen LogP contribution is 2.12. The molecule has 1 aromatic carbocycles. The Morgan fingerprint density at radius 1 is 0.949 bits per heavy atom. The molecule has 39 heavy (non-hydrogen) atoms. The Labute approximate surface area is 225 Å². The van der Waals surface area contributed by atoms with Crippen LogP contribution in [0, 0.1) is 0 Å². The van der Waals surface area contributed by atoms with Crippen LogP contribution in [0.3, 0.4) is 0 Å². The molecule has 1 unspecified atom stereocenters. The summed E-state index contributed by atoms with van der Waals surface area (Å²) in [6.45, 7) is 1.28. The van der Waals surface area contributed by atoms with Crippen LogP contribution in [0.25, 0.3) is 0 Å². The quantitative estimate of drug-likeness (QED) is 0.123. The van der Waals surface area contributed by atoms with E-state index in [1.165, 1.54) is 6.92 Å². The number of nitrogens with zero attached hydrogens (tertiary/aromatic N) is 1. The van der Waals surface area contributed by atoms with E-state index in [2.05, 4.69) is 15.5 Å². The molecule has 2 rings (SSSR count). The van der Waals surface area contributed by atoms with Gasteiger partial charge in [-0.3, -0.25) is 33.6 Å². The smallest absolute Gasteiger partial charge is 0.430 e. The number of ketones is 2. The van der Waals surface area contributed by atoms with Gasteiger partial charge in [0.1, 0.15) is 18.4 Å². The first-order chi connectivity index (χ1) is 18.7. The van der Waals surface area contributed by atoms with Crippen molar-refractivity contribution in [3.05, 3.63) is 35.9 Å². The number of imide groups is 1. The Bertz CT molecular complexity index is 1030. The summed E-state index contributed by atoms with van der Waals surface area (Å²) in [5.41, 5.74) is 0.811. The van der Waals surface area contributed by atoms with Gasteiger partial charge in [0.2, 0.25) is 11.8 Å². The molecular formula is C26H33N3O10. The number of nitrogens with one attached hydrogen (secondary N) is 2. The number of ether oxygens (including phenoxy) is 2. The number of hydroxylamine groups is 2. The Morgan fingerprint density at radius 3 is 2.31 bits per heavy atom. The fourth-order valence-corrected chi connectivity index (χ4v) is 3.50. The van der Waals surface area contributed by atoms with Crippen molar-refractivity contribution in [3.8, 4) is 0 Å². The van der Waals surface area contributed by atoms with Crippen LogP contribution in [-0.2, 0) is 49.5 Å². The van der Waals surface area contributed by atoms with Crippen LogP contribution in [0.1, 0.15) is 51.0 Å². The van der Waals surface area contributed by atoms with Crippen molar-refractivity contribution in [2.45, 2.75) is 57.9 Å². The van der Waals surface area contributed by atoms with Crippen LogP contribution in [0.15, 0.2) is 30.3 Å². The molecule has 2 N–H and O–H groups in total. The van der Waals surface area contributed by atoms with E-state index < -0.39 is 35.8 Å². The lowest BCUT2D eigenvalue weighted by molar-refractivity contribution is -0.177. The zero-order chi connectivity index (χ0) is 28.6. The van der Waals surface area contributed by atoms with Crippen LogP contribution in [0.4, 0.5) is 4.79 Å². The molecule has 0 bridgehead atoms. The van der Waals surface area contributed by atoms with Crippen molar-refractivity contribution in [3.63, 3.8) is 0 Å². The number of rotatable bonds is 17. The molecular weight excluding hydrogens is 514 g/mol. The number of carbonyl (C=O) groups is 7. The second-order valence-corrected chi connectivity index (χ2v) is 8.79. The van der Waals surface area contributed by atoms with Gasteiger partial charge >= 0.3 is 6.16 Å². The molecule has 0 radical (unpaired) electrons. The number of Topliss-reactive ketones (excluding diaryl/α,β-unsaturated/α-hetero) is 2. The lowest BCUT2D eigenvalue weighted by atomic mass is 10.0. The molecule has 0 spiro atoms. The van der Waals surface area contributed by atoms with E-state index >= 15 is 0 Å². The molecule has 212 valence electrons. The average molecular weight is 548 g/mol. The van der Waals surface area contributed by atoms with Crippen molar-refractivity contribution >= 4 is 41.4 Å². The predicted octanol–water partition coefficient (Wildman–Crippen LogP) is 0.782. The van der Waals surface area contributed by atoms with Gasteiger partial charge in [-0.1, -0.05) is 35.4 Å². The lowest BCUT2D eigenvalue weighted by Gasteiger charge is -2.18. The first kappa shape index (κ1) is 31.1. The summed E-state index contributed by atoms with van der Waals surface area (Å²) in [7, 11) is 0. The molecule has 1 aliphatic heterocycles. The second kappa shape index (κ2) is 16.7. The van der Waals surface area contributed by atoms with Gasteiger partial charge in [-0.05, 0) is 25.3 Å². The van der Waals surface area contributed by atoms with Gasteiger partial charge in [0, 0.05) is 32.3 Å². The fraction of sp³-hybridized carbons (Fsp3) is 0.500. The molecule has 13 heteroatoms. The summed E-state index contributed by atoms with van der Waals surface area (Å²) in [6, 6.07) is 8.11. The number of hydrogen-bond acceptors (Lipinski definition) is 10. The van der Waals surface area contributed by atoms with E-state index in [1.54, 1.807) is 24.3 Å². The summed E-state index contributed by atoms with van der Waals surface area (Å²) in [5, 5.41) is 5.49. The van der Waals surface area contributed by atoms with Gasteiger partial charge < -0.3 is 20.1 Å². The molecule has 1 heterocycles. The maximum Gasteiger partial charge on any atom is 0.534 e. The topological polar surface area (TPSA) is 174 Å². The molecule has 0 aromatic heterocycles. The molecule has 0 aliphatic carbocycles. The normalized spacial score (nSPS) is 13.5. The van der Waals surface area contributed by atoms with Crippen LogP contribution in [0.5, 0.6) is 0 Å². The van der Waals surface area contributed by atoms with Crippen molar-refractivity contribution < 1.29 is 47.9 Å². The largest absolute Gasteiger partial charge is 0.534 e. The van der Waals surface area contributed by atoms with E-state index in [1.807, 2.05) is 6.07 Å². The third-order valence-electron chi connectivity index (χ3n) is 5.42. The average Bonchev–Trinajstić information content (AvgIpc) is 3.20. The van der Waals surface area contributed by atoms with Crippen LogP contribution >= 0.6 is 0 Å². The van der Waals surface area contributed by atoms with Gasteiger partial charge in [0.25, 0.3) is 11.8 Å². The standard InChI is InChI=1S/C26H33N3O10/c1-18(30)15-22(32)28-21(16-19-7-3-2-4-8-19)25(35)27-17-20(31)9-5-6-12-37-13-14-38-26(36)39-29-23(33)10-11-24(29)34/h2-4,7-8,21H,5-6,9-17H2,1H3,(H,27,35)(H,28,32). The molecule has 0 saturated carbocycles. The minimum absolute atomic E-state index is 0.0146. The highest BCUT2D eigenvalue weighted by Gasteiger charge is 2.33. The van der Waals surface area contributed by atoms with Gasteiger partial charge in [-0.2, -0.15) is 0 Å². The van der Waals surface area contributed by atoms with Crippen LogP contribution in [-0.4, -0.2) is 78.8 Å². The Morgan fingerprint density at radius 2 is 1.64 bits per heavy atom. The molecule has 1 fully saturated rings.